The number of fused-ring (bicyclic) bond motifs is 1. The van der Waals surface area contributed by atoms with Crippen LogP contribution in [0, 0.1) is 0 Å². The Kier molecular flexibility index (Phi) is 4.21. The lowest BCUT2D eigenvalue weighted by atomic mass is 10.2. The van der Waals surface area contributed by atoms with E-state index < -0.39 is 6.10 Å². The van der Waals surface area contributed by atoms with Gasteiger partial charge in [-0.05, 0) is 37.1 Å². The van der Waals surface area contributed by atoms with Crippen LogP contribution in [0.5, 0.6) is 0 Å². The molecule has 1 aliphatic rings. The van der Waals surface area contributed by atoms with Gasteiger partial charge in [0.15, 0.2) is 0 Å². The van der Waals surface area contributed by atoms with Crippen LogP contribution in [-0.4, -0.2) is 34.2 Å². The number of nitrogens with two attached hydrogens (primary N) is 1. The Balaban J connectivity index is 1.69. The molecular formula is C19H20N4O2. The van der Waals surface area contributed by atoms with Crippen molar-refractivity contribution < 1.29 is 9.53 Å². The summed E-state index contributed by atoms with van der Waals surface area (Å²) in [6, 6.07) is 17.7. The minimum Gasteiger partial charge on any atom is -0.364 e. The molecule has 3 N–H and O–H groups in total. The van der Waals surface area contributed by atoms with Crippen molar-refractivity contribution in [2.45, 2.75) is 25.0 Å². The summed E-state index contributed by atoms with van der Waals surface area (Å²) in [4.78, 5) is 17.2. The van der Waals surface area contributed by atoms with Gasteiger partial charge in [0, 0.05) is 12.2 Å². The molecule has 0 radical (unpaired) electrons. The fraction of sp³-hybridized carbons (Fsp3) is 0.263. The highest BCUT2D eigenvalue weighted by Crippen LogP contribution is 2.26. The molecule has 2 aromatic carbocycles. The first kappa shape index (κ1) is 15.8. The van der Waals surface area contributed by atoms with Gasteiger partial charge in [-0.3, -0.25) is 14.7 Å². The molecule has 3 aromatic rings. The number of carbonyl (C=O) groups is 1. The van der Waals surface area contributed by atoms with E-state index in [1.54, 1.807) is 0 Å². The number of hydrogen-bond acceptors (Lipinski definition) is 4. The number of para-hydroxylation sites is 3. The summed E-state index contributed by atoms with van der Waals surface area (Å²) >= 11 is 0. The van der Waals surface area contributed by atoms with E-state index in [4.69, 9.17) is 10.5 Å². The molecule has 25 heavy (non-hydrogen) atoms. The minimum absolute atomic E-state index is 0.0382. The van der Waals surface area contributed by atoms with Gasteiger partial charge < -0.3 is 10.5 Å². The summed E-state index contributed by atoms with van der Waals surface area (Å²) in [6.07, 6.45) is 0.976. The fourth-order valence-electron chi connectivity index (χ4n) is 3.21. The molecule has 2 atom stereocenters. The lowest BCUT2D eigenvalue weighted by Crippen LogP contribution is -2.30. The van der Waals surface area contributed by atoms with E-state index in [0.29, 0.717) is 18.9 Å². The smallest absolute Gasteiger partial charge is 0.255 e. The van der Waals surface area contributed by atoms with E-state index >= 15 is 0 Å². The first-order chi connectivity index (χ1) is 12.3. The van der Waals surface area contributed by atoms with Crippen LogP contribution < -0.4 is 11.1 Å². The summed E-state index contributed by atoms with van der Waals surface area (Å²) in [5.74, 6) is 0.320. The topological polar surface area (TPSA) is 82.2 Å². The van der Waals surface area contributed by atoms with Gasteiger partial charge in [-0.2, -0.15) is 0 Å². The van der Waals surface area contributed by atoms with E-state index in [1.165, 1.54) is 0 Å². The Morgan fingerprint density at radius 2 is 1.92 bits per heavy atom. The summed E-state index contributed by atoms with van der Waals surface area (Å²) < 4.78 is 7.64. The molecule has 1 aliphatic heterocycles. The van der Waals surface area contributed by atoms with Crippen molar-refractivity contribution in [2.24, 2.45) is 5.73 Å². The average molecular weight is 336 g/mol. The normalized spacial score (nSPS) is 20.0. The van der Waals surface area contributed by atoms with Gasteiger partial charge in [-0.25, -0.2) is 4.98 Å². The molecule has 1 saturated heterocycles. The largest absolute Gasteiger partial charge is 0.364 e. The van der Waals surface area contributed by atoms with E-state index in [0.717, 1.165) is 23.1 Å². The number of amides is 1. The van der Waals surface area contributed by atoms with Gasteiger partial charge in [0.1, 0.15) is 6.10 Å². The molecule has 6 heteroatoms. The van der Waals surface area contributed by atoms with Gasteiger partial charge in [0.2, 0.25) is 5.95 Å². The Bertz CT molecular complexity index is 891. The van der Waals surface area contributed by atoms with Gasteiger partial charge >= 0.3 is 0 Å². The first-order valence-corrected chi connectivity index (χ1v) is 8.45. The van der Waals surface area contributed by atoms with Gasteiger partial charge in [0.25, 0.3) is 5.91 Å². The van der Waals surface area contributed by atoms with Crippen molar-refractivity contribution in [3.8, 4) is 5.69 Å². The van der Waals surface area contributed by atoms with Crippen LogP contribution in [0.4, 0.5) is 5.95 Å². The highest BCUT2D eigenvalue weighted by molar-refractivity contribution is 5.95. The molecule has 1 aromatic heterocycles. The molecular weight excluding hydrogens is 316 g/mol. The second-order valence-corrected chi connectivity index (χ2v) is 6.14. The molecule has 0 saturated carbocycles. The third-order valence-electron chi connectivity index (χ3n) is 4.47. The highest BCUT2D eigenvalue weighted by Gasteiger charge is 2.30. The zero-order valence-corrected chi connectivity index (χ0v) is 13.8. The molecule has 128 valence electrons. The number of aromatic nitrogens is 2. The number of nitrogens with one attached hydrogen (secondary N) is 1. The first-order valence-electron chi connectivity index (χ1n) is 8.45. The van der Waals surface area contributed by atoms with Crippen molar-refractivity contribution in [3.63, 3.8) is 0 Å². The zero-order chi connectivity index (χ0) is 17.2. The number of carbonyl (C=O) groups excluding carboxylic acids is 1. The summed E-state index contributed by atoms with van der Waals surface area (Å²) in [5, 5.41) is 2.93. The molecule has 0 bridgehead atoms. The predicted molar refractivity (Wildman–Crippen MR) is 96.6 cm³/mol. The fourth-order valence-corrected chi connectivity index (χ4v) is 3.21. The van der Waals surface area contributed by atoms with Crippen molar-refractivity contribution in [1.82, 2.24) is 9.55 Å². The van der Waals surface area contributed by atoms with Gasteiger partial charge in [0.05, 0.1) is 17.1 Å². The van der Waals surface area contributed by atoms with Crippen LogP contribution in [0.3, 0.4) is 0 Å². The van der Waals surface area contributed by atoms with Gasteiger partial charge in [-0.1, -0.05) is 30.3 Å². The SMILES string of the molecule is NC[C@H]1CC[C@@H](C(=O)Nc2nc3ccccc3n2-c2ccccc2)O1. The number of rotatable bonds is 4. The van der Waals surface area contributed by atoms with Crippen LogP contribution in [0.2, 0.25) is 0 Å². The third kappa shape index (κ3) is 3.01. The van der Waals surface area contributed by atoms with Crippen molar-refractivity contribution >= 4 is 22.9 Å². The Hall–Kier alpha value is -2.70. The Morgan fingerprint density at radius 3 is 2.68 bits per heavy atom. The van der Waals surface area contributed by atoms with E-state index in [-0.39, 0.29) is 12.0 Å². The van der Waals surface area contributed by atoms with E-state index in [9.17, 15) is 4.79 Å². The molecule has 0 unspecified atom stereocenters. The summed E-state index contributed by atoms with van der Waals surface area (Å²) in [6.45, 7) is 0.437. The lowest BCUT2D eigenvalue weighted by molar-refractivity contribution is -0.126. The highest BCUT2D eigenvalue weighted by atomic mass is 16.5. The number of anilines is 1. The molecule has 6 nitrogen and oxygen atoms in total. The Labute approximate surface area is 145 Å². The number of benzene rings is 2. The van der Waals surface area contributed by atoms with Crippen LogP contribution in [0.15, 0.2) is 54.6 Å². The van der Waals surface area contributed by atoms with Crippen molar-refractivity contribution in [2.75, 3.05) is 11.9 Å². The quantitative estimate of drug-likeness (QED) is 0.767. The maximum absolute atomic E-state index is 12.6. The average Bonchev–Trinajstić information content (AvgIpc) is 3.26. The second kappa shape index (κ2) is 6.66. The second-order valence-electron chi connectivity index (χ2n) is 6.14. The van der Waals surface area contributed by atoms with Crippen molar-refractivity contribution in [3.05, 3.63) is 54.6 Å². The summed E-state index contributed by atoms with van der Waals surface area (Å²) in [7, 11) is 0. The summed E-state index contributed by atoms with van der Waals surface area (Å²) in [5.41, 5.74) is 8.34. The minimum atomic E-state index is -0.474. The Morgan fingerprint density at radius 1 is 1.16 bits per heavy atom. The molecule has 1 fully saturated rings. The van der Waals surface area contributed by atoms with Crippen LogP contribution in [-0.2, 0) is 9.53 Å². The maximum atomic E-state index is 12.6. The predicted octanol–water partition coefficient (Wildman–Crippen LogP) is 2.47. The monoisotopic (exact) mass is 336 g/mol. The molecule has 0 aliphatic carbocycles. The zero-order valence-electron chi connectivity index (χ0n) is 13.8. The van der Waals surface area contributed by atoms with Crippen LogP contribution >= 0.6 is 0 Å². The van der Waals surface area contributed by atoms with E-state index in [2.05, 4.69) is 10.3 Å². The molecule has 0 spiro atoms. The number of ether oxygens (including phenoxy) is 1. The van der Waals surface area contributed by atoms with Crippen molar-refractivity contribution in [1.29, 1.82) is 0 Å². The van der Waals surface area contributed by atoms with Gasteiger partial charge in [-0.15, -0.1) is 0 Å². The molecule has 1 amide bonds. The number of hydrogen-bond donors (Lipinski definition) is 2. The lowest BCUT2D eigenvalue weighted by Gasteiger charge is -2.14. The number of nitrogens with zero attached hydrogens (tertiary/aromatic N) is 2. The van der Waals surface area contributed by atoms with Crippen LogP contribution in [0.25, 0.3) is 16.7 Å². The van der Waals surface area contributed by atoms with Crippen LogP contribution in [0.1, 0.15) is 12.8 Å². The van der Waals surface area contributed by atoms with E-state index in [1.807, 2.05) is 59.2 Å². The standard InChI is InChI=1S/C19H20N4O2/c20-12-14-10-11-17(25-14)18(24)22-19-21-15-8-4-5-9-16(15)23(19)13-6-2-1-3-7-13/h1-9,14,17H,10-12,20H2,(H,21,22,24)/t14-,17+/m1/s1. The molecule has 2 heterocycles. The number of imidazole rings is 1. The molecule has 4 rings (SSSR count). The maximum Gasteiger partial charge on any atom is 0.255 e. The third-order valence-corrected chi connectivity index (χ3v) is 4.47.